The number of hydrogen-bond acceptors (Lipinski definition) is 3. The number of ketones is 1. The normalized spacial score (nSPS) is 20.2. The van der Waals surface area contributed by atoms with Crippen LogP contribution >= 0.6 is 0 Å². The molecule has 0 atom stereocenters. The second-order valence-corrected chi connectivity index (χ2v) is 10.1. The summed E-state index contributed by atoms with van der Waals surface area (Å²) in [5.41, 5.74) is 2.97. The summed E-state index contributed by atoms with van der Waals surface area (Å²) >= 11 is 0. The Bertz CT molecular complexity index is 1100. The predicted molar refractivity (Wildman–Crippen MR) is 142 cm³/mol. The molecule has 180 valence electrons. The minimum Gasteiger partial charge on any atom is -0.444 e. The van der Waals surface area contributed by atoms with E-state index in [4.69, 9.17) is 4.74 Å². The third-order valence-electron chi connectivity index (χ3n) is 6.49. The fraction of sp³-hybridized carbons (Fsp3) is 0.290. The molecule has 4 rings (SSSR count). The van der Waals surface area contributed by atoms with Crippen molar-refractivity contribution in [3.8, 4) is 0 Å². The molecule has 1 heterocycles. The van der Waals surface area contributed by atoms with Gasteiger partial charge in [-0.25, -0.2) is 4.79 Å². The van der Waals surface area contributed by atoms with Gasteiger partial charge in [0.25, 0.3) is 0 Å². The number of amides is 1. The lowest BCUT2D eigenvalue weighted by molar-refractivity contribution is -0.118. The molecule has 1 amide bonds. The number of carbonyl (C=O) groups excluding carboxylic acids is 2. The van der Waals surface area contributed by atoms with E-state index in [1.54, 1.807) is 4.90 Å². The average Bonchev–Trinajstić information content (AvgIpc) is 2.85. The molecule has 2 aromatic carbocycles. The van der Waals surface area contributed by atoms with Crippen LogP contribution in [0.1, 0.15) is 44.7 Å². The van der Waals surface area contributed by atoms with E-state index in [2.05, 4.69) is 0 Å². The van der Waals surface area contributed by atoms with Crippen molar-refractivity contribution in [2.45, 2.75) is 39.2 Å². The van der Waals surface area contributed by atoms with E-state index in [1.165, 1.54) is 0 Å². The van der Waals surface area contributed by atoms with E-state index < -0.39 is 5.60 Å². The summed E-state index contributed by atoms with van der Waals surface area (Å²) in [5, 5.41) is 0. The maximum absolute atomic E-state index is 13.2. The summed E-state index contributed by atoms with van der Waals surface area (Å²) in [4.78, 5) is 27.6. The smallest absolute Gasteiger partial charge is 0.410 e. The van der Waals surface area contributed by atoms with E-state index in [1.807, 2.05) is 118 Å². The largest absolute Gasteiger partial charge is 0.444 e. The highest BCUT2D eigenvalue weighted by atomic mass is 16.6. The van der Waals surface area contributed by atoms with Crippen LogP contribution in [0, 0.1) is 5.41 Å². The summed E-state index contributed by atoms with van der Waals surface area (Å²) in [6.07, 6.45) is 13.0. The van der Waals surface area contributed by atoms with Gasteiger partial charge in [0.2, 0.25) is 0 Å². The van der Waals surface area contributed by atoms with Gasteiger partial charge in [-0.1, -0.05) is 97.1 Å². The Hall–Kier alpha value is -3.66. The zero-order chi connectivity index (χ0) is 24.9. The van der Waals surface area contributed by atoms with Gasteiger partial charge in [-0.15, -0.1) is 0 Å². The number of hydrogen-bond donors (Lipinski definition) is 0. The van der Waals surface area contributed by atoms with E-state index in [0.717, 1.165) is 22.3 Å². The summed E-state index contributed by atoms with van der Waals surface area (Å²) in [5.74, 6) is 0.0890. The first kappa shape index (κ1) is 24.5. The van der Waals surface area contributed by atoms with Crippen molar-refractivity contribution in [3.63, 3.8) is 0 Å². The number of ether oxygens (including phenoxy) is 1. The van der Waals surface area contributed by atoms with Gasteiger partial charge >= 0.3 is 6.09 Å². The Labute approximate surface area is 208 Å². The summed E-state index contributed by atoms with van der Waals surface area (Å²) in [6.45, 7) is 6.74. The average molecular weight is 468 g/mol. The Kier molecular flexibility index (Phi) is 7.20. The predicted octanol–water partition coefficient (Wildman–Crippen LogP) is 6.87. The molecule has 4 heteroatoms. The van der Waals surface area contributed by atoms with Crippen LogP contribution in [0.5, 0.6) is 0 Å². The summed E-state index contributed by atoms with van der Waals surface area (Å²) < 4.78 is 5.57. The lowest BCUT2D eigenvalue weighted by Gasteiger charge is -2.50. The number of carbonyl (C=O) groups is 2. The number of nitrogens with zero attached hydrogens (tertiary/aromatic N) is 1. The Morgan fingerprint density at radius 3 is 1.71 bits per heavy atom. The highest BCUT2D eigenvalue weighted by Crippen LogP contribution is 2.55. The molecule has 1 saturated carbocycles. The van der Waals surface area contributed by atoms with Gasteiger partial charge in [0, 0.05) is 29.7 Å². The van der Waals surface area contributed by atoms with Gasteiger partial charge < -0.3 is 9.64 Å². The molecule has 0 aromatic heterocycles. The van der Waals surface area contributed by atoms with Crippen LogP contribution in [0.25, 0.3) is 12.2 Å². The number of rotatable bonds is 4. The molecule has 1 spiro atoms. The molecule has 0 unspecified atom stereocenters. The molecule has 0 radical (unpaired) electrons. The van der Waals surface area contributed by atoms with E-state index in [0.29, 0.717) is 25.9 Å². The molecule has 2 aromatic rings. The fourth-order valence-electron chi connectivity index (χ4n) is 4.71. The lowest BCUT2D eigenvalue weighted by Crippen LogP contribution is -2.53. The second kappa shape index (κ2) is 10.3. The molecular formula is C31H33NO3. The van der Waals surface area contributed by atoms with Crippen molar-refractivity contribution in [2.24, 2.45) is 5.41 Å². The number of benzene rings is 2. The minimum atomic E-state index is -0.529. The SMILES string of the molecule is CC(C)(C)OC(=O)N1CCC2(CC1)/C(=C\C=C\c1ccccc1)C(=O)/C2=C/C=C/c1ccccc1. The Morgan fingerprint density at radius 1 is 0.829 bits per heavy atom. The third-order valence-corrected chi connectivity index (χ3v) is 6.49. The first-order chi connectivity index (χ1) is 16.8. The van der Waals surface area contributed by atoms with Gasteiger partial charge in [-0.3, -0.25) is 4.79 Å². The molecule has 1 aliphatic carbocycles. The van der Waals surface area contributed by atoms with Gasteiger partial charge in [0.05, 0.1) is 0 Å². The topological polar surface area (TPSA) is 46.6 Å². The molecule has 35 heavy (non-hydrogen) atoms. The first-order valence-corrected chi connectivity index (χ1v) is 12.2. The van der Waals surface area contributed by atoms with Crippen molar-refractivity contribution in [2.75, 3.05) is 13.1 Å². The fourth-order valence-corrected chi connectivity index (χ4v) is 4.71. The quantitative estimate of drug-likeness (QED) is 0.461. The third kappa shape index (κ3) is 5.71. The summed E-state index contributed by atoms with van der Waals surface area (Å²) in [6, 6.07) is 20.1. The van der Waals surface area contributed by atoms with Crippen LogP contribution in [0.4, 0.5) is 4.79 Å². The van der Waals surface area contributed by atoms with Crippen molar-refractivity contribution in [3.05, 3.63) is 107 Å². The summed E-state index contributed by atoms with van der Waals surface area (Å²) in [7, 11) is 0. The molecule has 0 bridgehead atoms. The zero-order valence-corrected chi connectivity index (χ0v) is 20.7. The van der Waals surface area contributed by atoms with Crippen LogP contribution < -0.4 is 0 Å². The zero-order valence-electron chi connectivity index (χ0n) is 20.7. The monoisotopic (exact) mass is 467 g/mol. The highest BCUT2D eigenvalue weighted by Gasteiger charge is 2.54. The Morgan fingerprint density at radius 2 is 1.29 bits per heavy atom. The molecule has 2 fully saturated rings. The molecule has 4 nitrogen and oxygen atoms in total. The highest BCUT2D eigenvalue weighted by molar-refractivity contribution is 6.19. The van der Waals surface area contributed by atoms with Crippen molar-refractivity contribution in [1.82, 2.24) is 4.90 Å². The van der Waals surface area contributed by atoms with Crippen molar-refractivity contribution < 1.29 is 14.3 Å². The maximum Gasteiger partial charge on any atom is 0.410 e. The van der Waals surface area contributed by atoms with E-state index >= 15 is 0 Å². The van der Waals surface area contributed by atoms with Crippen LogP contribution in [-0.2, 0) is 9.53 Å². The number of Topliss-reactive ketones (excluding diaryl/α,β-unsaturated/α-hetero) is 1. The van der Waals surface area contributed by atoms with Crippen molar-refractivity contribution >= 4 is 24.0 Å². The van der Waals surface area contributed by atoms with Crippen LogP contribution in [0.3, 0.4) is 0 Å². The van der Waals surface area contributed by atoms with Gasteiger partial charge in [-0.05, 0) is 44.7 Å². The van der Waals surface area contributed by atoms with Crippen molar-refractivity contribution in [1.29, 1.82) is 0 Å². The standard InChI is InChI=1S/C31H33NO3/c1-30(2,3)35-29(34)32-22-20-31(21-23-32)26(18-10-16-24-12-6-4-7-13-24)28(33)27(31)19-11-17-25-14-8-5-9-15-25/h4-19H,20-23H2,1-3H3/b16-10+,17-11+,26-18-,27-19-. The number of likely N-dealkylation sites (tertiary alicyclic amines) is 1. The number of piperidine rings is 1. The van der Waals surface area contributed by atoms with Gasteiger partial charge in [0.15, 0.2) is 5.78 Å². The van der Waals surface area contributed by atoms with Gasteiger partial charge in [-0.2, -0.15) is 0 Å². The Balaban J connectivity index is 1.56. The maximum atomic E-state index is 13.2. The molecule has 0 N–H and O–H groups in total. The van der Waals surface area contributed by atoms with Crippen LogP contribution in [0.2, 0.25) is 0 Å². The van der Waals surface area contributed by atoms with E-state index in [-0.39, 0.29) is 17.3 Å². The van der Waals surface area contributed by atoms with Crippen LogP contribution in [-0.4, -0.2) is 35.5 Å². The molecule has 1 aliphatic heterocycles. The van der Waals surface area contributed by atoms with E-state index in [9.17, 15) is 9.59 Å². The molecule has 1 saturated heterocycles. The molecular weight excluding hydrogens is 434 g/mol. The first-order valence-electron chi connectivity index (χ1n) is 12.2. The molecule has 2 aliphatic rings. The van der Waals surface area contributed by atoms with Crippen LogP contribution in [0.15, 0.2) is 96.1 Å². The second-order valence-electron chi connectivity index (χ2n) is 10.1. The minimum absolute atomic E-state index is 0.0890. The number of allylic oxidation sites excluding steroid dienone is 6. The lowest BCUT2D eigenvalue weighted by atomic mass is 9.55. The van der Waals surface area contributed by atoms with Gasteiger partial charge in [0.1, 0.15) is 5.60 Å².